The van der Waals surface area contributed by atoms with Crippen LogP contribution in [-0.2, 0) is 9.53 Å². The molecule has 118 valence electrons. The van der Waals surface area contributed by atoms with Gasteiger partial charge in [0.15, 0.2) is 5.60 Å². The second-order valence-corrected chi connectivity index (χ2v) is 6.75. The fraction of sp³-hybridized carbons (Fsp3) is 0.611. The number of fused-ring (bicyclic) bond motifs is 3. The van der Waals surface area contributed by atoms with Gasteiger partial charge in [-0.05, 0) is 40.4 Å². The molecule has 3 aliphatic heterocycles. The number of hydrogen-bond acceptors (Lipinski definition) is 4. The Balaban J connectivity index is 1.96. The second-order valence-electron chi connectivity index (χ2n) is 6.75. The van der Waals surface area contributed by atoms with Crippen LogP contribution >= 0.6 is 0 Å². The van der Waals surface area contributed by atoms with Gasteiger partial charge in [0, 0.05) is 23.8 Å². The number of hydrogen-bond donors (Lipinski definition) is 0. The average molecular weight is 300 g/mol. The lowest BCUT2D eigenvalue weighted by Crippen LogP contribution is -2.53. The van der Waals surface area contributed by atoms with Gasteiger partial charge in [0.05, 0.1) is 12.6 Å². The third-order valence-corrected chi connectivity index (χ3v) is 4.80. The van der Waals surface area contributed by atoms with Crippen LogP contribution in [-0.4, -0.2) is 61.1 Å². The Kier molecular flexibility index (Phi) is 4.12. The summed E-state index contributed by atoms with van der Waals surface area (Å²) >= 11 is 0. The zero-order valence-electron chi connectivity index (χ0n) is 13.7. The first-order chi connectivity index (χ1) is 10.5. The summed E-state index contributed by atoms with van der Waals surface area (Å²) in [4.78, 5) is 16.4. The first-order valence-electron chi connectivity index (χ1n) is 8.04. The second kappa shape index (κ2) is 5.91. The van der Waals surface area contributed by atoms with Gasteiger partial charge in [-0.15, -0.1) is 0 Å². The maximum absolute atomic E-state index is 11.9. The topological polar surface area (TPSA) is 32.8 Å². The molecule has 22 heavy (non-hydrogen) atoms. The molecule has 0 saturated carbocycles. The van der Waals surface area contributed by atoms with Gasteiger partial charge >= 0.3 is 5.97 Å². The molecule has 0 spiro atoms. The molecule has 0 aromatic heterocycles. The van der Waals surface area contributed by atoms with Gasteiger partial charge < -0.3 is 4.74 Å². The molecule has 1 fully saturated rings. The van der Waals surface area contributed by atoms with Crippen molar-refractivity contribution in [1.82, 2.24) is 9.80 Å². The SMILES string of the molecule is CN(C)CC#CC1=CCN2CCCCC2C2(C)OC(=O)C=C12. The van der Waals surface area contributed by atoms with Crippen LogP contribution in [0.1, 0.15) is 26.2 Å². The monoisotopic (exact) mass is 300 g/mol. The predicted octanol–water partition coefficient (Wildman–Crippen LogP) is 1.59. The number of rotatable bonds is 1. The first kappa shape index (κ1) is 15.3. The molecule has 0 aromatic rings. The zero-order valence-corrected chi connectivity index (χ0v) is 13.7. The third-order valence-electron chi connectivity index (χ3n) is 4.80. The van der Waals surface area contributed by atoms with Crippen LogP contribution in [0.4, 0.5) is 0 Å². The summed E-state index contributed by atoms with van der Waals surface area (Å²) in [5, 5.41) is 0. The molecule has 0 bridgehead atoms. The van der Waals surface area contributed by atoms with Crippen LogP contribution in [0.5, 0.6) is 0 Å². The minimum atomic E-state index is -0.549. The molecule has 2 atom stereocenters. The maximum Gasteiger partial charge on any atom is 0.332 e. The van der Waals surface area contributed by atoms with E-state index in [0.717, 1.165) is 30.7 Å². The Morgan fingerprint density at radius 1 is 1.45 bits per heavy atom. The van der Waals surface area contributed by atoms with E-state index in [1.807, 2.05) is 19.0 Å². The standard InChI is InChI=1S/C18H24N2O2/c1-18-15(13-17(21)22-18)14(7-6-10-19(2)3)9-12-20-11-5-4-8-16(18)20/h9,13,16H,4-5,8,10-12H2,1-3H3. The first-order valence-corrected chi connectivity index (χ1v) is 8.04. The summed E-state index contributed by atoms with van der Waals surface area (Å²) in [6.45, 7) is 4.73. The lowest BCUT2D eigenvalue weighted by molar-refractivity contribution is -0.150. The summed E-state index contributed by atoms with van der Waals surface area (Å²) in [5.41, 5.74) is 1.38. The molecule has 2 unspecified atom stereocenters. The van der Waals surface area contributed by atoms with Gasteiger partial charge in [-0.2, -0.15) is 0 Å². The van der Waals surface area contributed by atoms with Crippen molar-refractivity contribution in [3.05, 3.63) is 23.3 Å². The van der Waals surface area contributed by atoms with E-state index in [4.69, 9.17) is 4.74 Å². The van der Waals surface area contributed by atoms with Crippen LogP contribution in [0.3, 0.4) is 0 Å². The number of carbonyl (C=O) groups excluding carboxylic acids is 1. The van der Waals surface area contributed by atoms with Gasteiger partial charge in [-0.1, -0.05) is 24.3 Å². The molecule has 0 amide bonds. The number of piperidine rings is 1. The van der Waals surface area contributed by atoms with Gasteiger partial charge in [-0.3, -0.25) is 9.80 Å². The van der Waals surface area contributed by atoms with E-state index < -0.39 is 5.60 Å². The number of ether oxygens (including phenoxy) is 1. The van der Waals surface area contributed by atoms with Crippen molar-refractivity contribution >= 4 is 5.97 Å². The van der Waals surface area contributed by atoms with E-state index >= 15 is 0 Å². The van der Waals surface area contributed by atoms with E-state index in [1.54, 1.807) is 6.08 Å². The number of esters is 1. The zero-order chi connectivity index (χ0) is 15.7. The molecule has 4 heteroatoms. The van der Waals surface area contributed by atoms with Crippen molar-refractivity contribution in [3.8, 4) is 11.8 Å². The molecule has 0 N–H and O–H groups in total. The van der Waals surface area contributed by atoms with Crippen LogP contribution in [0.25, 0.3) is 0 Å². The van der Waals surface area contributed by atoms with Crippen molar-refractivity contribution in [3.63, 3.8) is 0 Å². The van der Waals surface area contributed by atoms with Crippen LogP contribution < -0.4 is 0 Å². The van der Waals surface area contributed by atoms with Crippen molar-refractivity contribution < 1.29 is 9.53 Å². The van der Waals surface area contributed by atoms with Gasteiger partial charge in [0.1, 0.15) is 0 Å². The summed E-state index contributed by atoms with van der Waals surface area (Å²) < 4.78 is 5.77. The van der Waals surface area contributed by atoms with E-state index in [-0.39, 0.29) is 12.0 Å². The summed E-state index contributed by atoms with van der Waals surface area (Å²) in [7, 11) is 4.00. The summed E-state index contributed by atoms with van der Waals surface area (Å²) in [5.74, 6) is 6.22. The lowest BCUT2D eigenvalue weighted by Gasteiger charge is -2.43. The van der Waals surface area contributed by atoms with Crippen LogP contribution in [0.15, 0.2) is 23.3 Å². The van der Waals surface area contributed by atoms with Crippen molar-refractivity contribution in [1.29, 1.82) is 0 Å². The lowest BCUT2D eigenvalue weighted by atomic mass is 9.81. The molecular formula is C18H24N2O2. The predicted molar refractivity (Wildman–Crippen MR) is 86.2 cm³/mol. The smallest absolute Gasteiger partial charge is 0.332 e. The minimum Gasteiger partial charge on any atom is -0.450 e. The van der Waals surface area contributed by atoms with Crippen molar-refractivity contribution in [2.24, 2.45) is 0 Å². The molecule has 0 aromatic carbocycles. The van der Waals surface area contributed by atoms with Crippen molar-refractivity contribution in [2.75, 3.05) is 33.7 Å². The largest absolute Gasteiger partial charge is 0.450 e. The average Bonchev–Trinajstić information content (AvgIpc) is 2.73. The van der Waals surface area contributed by atoms with Gasteiger partial charge in [0.2, 0.25) is 0 Å². The summed E-state index contributed by atoms with van der Waals surface area (Å²) in [6.07, 6.45) is 7.31. The Morgan fingerprint density at radius 3 is 3.05 bits per heavy atom. The molecule has 3 rings (SSSR count). The molecule has 0 aliphatic carbocycles. The Morgan fingerprint density at radius 2 is 2.27 bits per heavy atom. The molecule has 3 heterocycles. The third kappa shape index (κ3) is 2.71. The Bertz CT molecular complexity index is 594. The van der Waals surface area contributed by atoms with Gasteiger partial charge in [0.25, 0.3) is 0 Å². The highest BCUT2D eigenvalue weighted by Gasteiger charge is 2.50. The number of nitrogens with zero attached hydrogens (tertiary/aromatic N) is 2. The van der Waals surface area contributed by atoms with E-state index in [1.165, 1.54) is 12.8 Å². The maximum atomic E-state index is 11.9. The molecule has 3 aliphatic rings. The fourth-order valence-corrected chi connectivity index (χ4v) is 3.71. The van der Waals surface area contributed by atoms with E-state index in [2.05, 4.69) is 29.7 Å². The van der Waals surface area contributed by atoms with E-state index in [9.17, 15) is 4.79 Å². The molecular weight excluding hydrogens is 276 g/mol. The normalized spacial score (nSPS) is 31.3. The van der Waals surface area contributed by atoms with Crippen LogP contribution in [0, 0.1) is 11.8 Å². The van der Waals surface area contributed by atoms with Crippen LogP contribution in [0.2, 0.25) is 0 Å². The highest BCUT2D eigenvalue weighted by Crippen LogP contribution is 2.42. The molecule has 4 nitrogen and oxygen atoms in total. The quantitative estimate of drug-likeness (QED) is 0.544. The van der Waals surface area contributed by atoms with Gasteiger partial charge in [-0.25, -0.2) is 4.79 Å². The molecule has 1 saturated heterocycles. The highest BCUT2D eigenvalue weighted by atomic mass is 16.6. The Hall–Kier alpha value is -1.57. The Labute approximate surface area is 132 Å². The minimum absolute atomic E-state index is 0.231. The highest BCUT2D eigenvalue weighted by molar-refractivity contribution is 5.89. The molecule has 0 radical (unpaired) electrons. The van der Waals surface area contributed by atoms with E-state index in [0.29, 0.717) is 6.54 Å². The van der Waals surface area contributed by atoms with Crippen molar-refractivity contribution in [2.45, 2.75) is 37.8 Å². The number of carbonyl (C=O) groups is 1. The summed E-state index contributed by atoms with van der Waals surface area (Å²) in [6, 6.07) is 0.267. The fourth-order valence-electron chi connectivity index (χ4n) is 3.71.